The van der Waals surface area contributed by atoms with Crippen LogP contribution in [0, 0.1) is 5.92 Å². The number of rotatable bonds is 4. The number of carbonyl (C=O) groups is 1. The van der Waals surface area contributed by atoms with Crippen LogP contribution in [0.15, 0.2) is 0 Å². The van der Waals surface area contributed by atoms with Crippen LogP contribution in [0.5, 0.6) is 0 Å². The molecule has 0 amide bonds. The second-order valence-electron chi connectivity index (χ2n) is 3.44. The lowest BCUT2D eigenvalue weighted by Crippen LogP contribution is -2.09. The first-order chi connectivity index (χ1) is 6.65. The van der Waals surface area contributed by atoms with E-state index >= 15 is 0 Å². The zero-order chi connectivity index (χ0) is 10.6. The van der Waals surface area contributed by atoms with Crippen LogP contribution < -0.4 is 0 Å². The van der Waals surface area contributed by atoms with E-state index in [4.69, 9.17) is 4.74 Å². The molecule has 0 spiro atoms. The summed E-state index contributed by atoms with van der Waals surface area (Å²) in [4.78, 5) is 11.4. The van der Waals surface area contributed by atoms with Crippen molar-refractivity contribution in [3.8, 4) is 0 Å². The molecule has 1 N–H and O–H groups in total. The van der Waals surface area contributed by atoms with Crippen molar-refractivity contribution in [2.24, 2.45) is 5.92 Å². The van der Waals surface area contributed by atoms with E-state index in [1.165, 1.54) is 0 Å². The van der Waals surface area contributed by atoms with Gasteiger partial charge >= 0.3 is 5.97 Å². The Morgan fingerprint density at radius 3 is 2.79 bits per heavy atom. The van der Waals surface area contributed by atoms with Crippen molar-refractivity contribution < 1.29 is 9.53 Å². The number of hydrogen-bond donors (Lipinski definition) is 1. The lowest BCUT2D eigenvalue weighted by Gasteiger charge is -2.02. The maximum atomic E-state index is 11.4. The number of carbonyl (C=O) groups excluding carboxylic acids is 1. The van der Waals surface area contributed by atoms with Crippen molar-refractivity contribution in [2.75, 3.05) is 6.61 Å². The van der Waals surface area contributed by atoms with E-state index in [-0.39, 0.29) is 0 Å². The average Bonchev–Trinajstić information content (AvgIpc) is 2.51. The van der Waals surface area contributed by atoms with Gasteiger partial charge in [0.2, 0.25) is 0 Å². The van der Waals surface area contributed by atoms with Gasteiger partial charge in [-0.1, -0.05) is 13.8 Å². The highest BCUT2D eigenvalue weighted by molar-refractivity contribution is 5.88. The number of ether oxygens (including phenoxy) is 1. The van der Waals surface area contributed by atoms with Crippen LogP contribution in [-0.2, 0) is 11.2 Å². The maximum Gasteiger partial charge on any atom is 0.360 e. The number of nitrogens with one attached hydrogen (secondary N) is 1. The van der Waals surface area contributed by atoms with Gasteiger partial charge in [0.1, 0.15) is 0 Å². The molecule has 0 bridgehead atoms. The molecule has 5 nitrogen and oxygen atoms in total. The minimum Gasteiger partial charge on any atom is -0.461 e. The van der Waals surface area contributed by atoms with Gasteiger partial charge in [-0.15, -0.1) is 5.10 Å². The molecule has 0 aromatic carbocycles. The van der Waals surface area contributed by atoms with Crippen LogP contribution in [0.1, 0.15) is 37.0 Å². The highest BCUT2D eigenvalue weighted by atomic mass is 16.5. The van der Waals surface area contributed by atoms with Gasteiger partial charge in [0, 0.05) is 0 Å². The van der Waals surface area contributed by atoms with Crippen LogP contribution >= 0.6 is 0 Å². The molecule has 5 heteroatoms. The molecule has 1 heterocycles. The summed E-state index contributed by atoms with van der Waals surface area (Å²) in [6, 6.07) is 0. The molecule has 0 saturated heterocycles. The minimum atomic E-state index is -0.406. The largest absolute Gasteiger partial charge is 0.461 e. The Kier molecular flexibility index (Phi) is 3.62. The molecule has 0 radical (unpaired) electrons. The number of aromatic nitrogens is 3. The lowest BCUT2D eigenvalue weighted by molar-refractivity contribution is 0.0518. The first-order valence-corrected chi connectivity index (χ1v) is 4.71. The van der Waals surface area contributed by atoms with E-state index in [9.17, 15) is 4.79 Å². The van der Waals surface area contributed by atoms with Crippen molar-refractivity contribution in [1.82, 2.24) is 15.4 Å². The predicted molar refractivity (Wildman–Crippen MR) is 50.9 cm³/mol. The molecule has 78 valence electrons. The van der Waals surface area contributed by atoms with Crippen LogP contribution in [0.3, 0.4) is 0 Å². The Morgan fingerprint density at radius 2 is 2.21 bits per heavy atom. The minimum absolute atomic E-state index is 0.306. The standard InChI is InChI=1S/C9H15N3O2/c1-4-14-9(13)8-7(5-6(2)3)10-12-11-8/h6H,4-5H2,1-3H3,(H,10,11,12). The second-order valence-corrected chi connectivity index (χ2v) is 3.44. The molecule has 1 aromatic heterocycles. The number of H-pyrrole nitrogens is 1. The van der Waals surface area contributed by atoms with E-state index < -0.39 is 5.97 Å². The fourth-order valence-electron chi connectivity index (χ4n) is 1.14. The van der Waals surface area contributed by atoms with Gasteiger partial charge in [-0.3, -0.25) is 0 Å². The predicted octanol–water partition coefficient (Wildman–Crippen LogP) is 1.18. The third-order valence-electron chi connectivity index (χ3n) is 1.69. The van der Waals surface area contributed by atoms with E-state index in [1.807, 2.05) is 0 Å². The summed E-state index contributed by atoms with van der Waals surface area (Å²) in [6.07, 6.45) is 0.727. The molecule has 0 saturated carbocycles. The molecule has 0 aliphatic heterocycles. The van der Waals surface area contributed by atoms with Crippen LogP contribution in [0.25, 0.3) is 0 Å². The fourth-order valence-corrected chi connectivity index (χ4v) is 1.14. The van der Waals surface area contributed by atoms with Crippen LogP contribution in [0.4, 0.5) is 0 Å². The van der Waals surface area contributed by atoms with Gasteiger partial charge in [0.05, 0.1) is 12.3 Å². The van der Waals surface area contributed by atoms with Crippen molar-refractivity contribution in [3.63, 3.8) is 0 Å². The van der Waals surface area contributed by atoms with Crippen molar-refractivity contribution in [3.05, 3.63) is 11.4 Å². The number of hydrogen-bond acceptors (Lipinski definition) is 4. The Hall–Kier alpha value is -1.39. The van der Waals surface area contributed by atoms with E-state index in [2.05, 4.69) is 29.3 Å². The smallest absolute Gasteiger partial charge is 0.360 e. The Labute approximate surface area is 82.8 Å². The molecule has 0 fully saturated rings. The topological polar surface area (TPSA) is 67.9 Å². The third-order valence-corrected chi connectivity index (χ3v) is 1.69. The fraction of sp³-hybridized carbons (Fsp3) is 0.667. The van der Waals surface area contributed by atoms with E-state index in [0.717, 1.165) is 6.42 Å². The monoisotopic (exact) mass is 197 g/mol. The molecule has 0 aliphatic carbocycles. The Balaban J connectivity index is 2.76. The summed E-state index contributed by atoms with van der Waals surface area (Å²) < 4.78 is 4.85. The zero-order valence-corrected chi connectivity index (χ0v) is 8.70. The van der Waals surface area contributed by atoms with Crippen LogP contribution in [-0.4, -0.2) is 28.0 Å². The highest BCUT2D eigenvalue weighted by Crippen LogP contribution is 2.09. The second kappa shape index (κ2) is 4.74. The first kappa shape index (κ1) is 10.7. The molecular formula is C9H15N3O2. The zero-order valence-electron chi connectivity index (χ0n) is 8.70. The van der Waals surface area contributed by atoms with Gasteiger partial charge in [0.25, 0.3) is 0 Å². The van der Waals surface area contributed by atoms with Gasteiger partial charge in [-0.2, -0.15) is 10.3 Å². The summed E-state index contributed by atoms with van der Waals surface area (Å²) >= 11 is 0. The van der Waals surface area contributed by atoms with Crippen molar-refractivity contribution in [1.29, 1.82) is 0 Å². The molecular weight excluding hydrogens is 182 g/mol. The Bertz CT molecular complexity index is 307. The maximum absolute atomic E-state index is 11.4. The van der Waals surface area contributed by atoms with Crippen LogP contribution in [0.2, 0.25) is 0 Å². The Morgan fingerprint density at radius 1 is 1.50 bits per heavy atom. The summed E-state index contributed by atoms with van der Waals surface area (Å²) in [5.74, 6) is 0.0326. The van der Waals surface area contributed by atoms with Gasteiger partial charge in [-0.25, -0.2) is 4.79 Å². The summed E-state index contributed by atoms with van der Waals surface area (Å²) in [5, 5.41) is 10.1. The average molecular weight is 197 g/mol. The molecule has 0 aliphatic rings. The highest BCUT2D eigenvalue weighted by Gasteiger charge is 2.17. The number of esters is 1. The molecule has 0 unspecified atom stereocenters. The van der Waals surface area contributed by atoms with Crippen molar-refractivity contribution in [2.45, 2.75) is 27.2 Å². The normalized spacial score (nSPS) is 10.6. The quantitative estimate of drug-likeness (QED) is 0.736. The first-order valence-electron chi connectivity index (χ1n) is 4.71. The summed E-state index contributed by atoms with van der Waals surface area (Å²) in [7, 11) is 0. The lowest BCUT2D eigenvalue weighted by atomic mass is 10.1. The summed E-state index contributed by atoms with van der Waals surface area (Å²) in [5.41, 5.74) is 0.985. The van der Waals surface area contributed by atoms with Gasteiger partial charge < -0.3 is 4.74 Å². The molecule has 1 rings (SSSR count). The molecule has 1 aromatic rings. The number of aromatic amines is 1. The SMILES string of the molecule is CCOC(=O)c1n[nH]nc1CC(C)C. The summed E-state index contributed by atoms with van der Waals surface area (Å²) in [6.45, 7) is 6.24. The van der Waals surface area contributed by atoms with Crippen molar-refractivity contribution >= 4 is 5.97 Å². The van der Waals surface area contributed by atoms with Gasteiger partial charge in [-0.05, 0) is 19.3 Å². The number of nitrogens with zero attached hydrogens (tertiary/aromatic N) is 2. The van der Waals surface area contributed by atoms with E-state index in [0.29, 0.717) is 23.9 Å². The molecule has 0 atom stereocenters. The third kappa shape index (κ3) is 2.55. The van der Waals surface area contributed by atoms with Gasteiger partial charge in [0.15, 0.2) is 5.69 Å². The van der Waals surface area contributed by atoms with E-state index in [1.54, 1.807) is 6.92 Å². The molecule has 14 heavy (non-hydrogen) atoms.